The van der Waals surface area contributed by atoms with Gasteiger partial charge in [-0.15, -0.1) is 23.7 Å². The quantitative estimate of drug-likeness (QED) is 0.916. The summed E-state index contributed by atoms with van der Waals surface area (Å²) in [5.41, 5.74) is 2.16. The molecule has 0 saturated heterocycles. The van der Waals surface area contributed by atoms with E-state index in [1.54, 1.807) is 24.3 Å². The van der Waals surface area contributed by atoms with Gasteiger partial charge in [0.25, 0.3) is 5.91 Å². The Labute approximate surface area is 139 Å². The Bertz CT molecular complexity index is 720. The fourth-order valence-electron chi connectivity index (χ4n) is 2.24. The van der Waals surface area contributed by atoms with Crippen molar-refractivity contribution in [3.05, 3.63) is 46.0 Å². The number of thiazole rings is 1. The number of nitrogens with one attached hydrogen (secondary N) is 1. The van der Waals surface area contributed by atoms with E-state index in [1.165, 1.54) is 16.2 Å². The molecule has 1 N–H and O–H groups in total. The number of rotatable bonds is 2. The number of anilines is 1. The van der Waals surface area contributed by atoms with Crippen LogP contribution in [-0.4, -0.2) is 29.4 Å². The molecule has 1 amide bonds. The number of aromatic nitrogens is 1. The molecule has 0 unspecified atom stereocenters. The van der Waals surface area contributed by atoms with Gasteiger partial charge in [0.05, 0.1) is 17.3 Å². The number of halogens is 1. The number of amides is 1. The predicted octanol–water partition coefficient (Wildman–Crippen LogP) is 2.68. The lowest BCUT2D eigenvalue weighted by Gasteiger charge is -2.20. The first-order valence-electron chi connectivity index (χ1n) is 6.64. The minimum absolute atomic E-state index is 0. The molecule has 0 radical (unpaired) electrons. The van der Waals surface area contributed by atoms with E-state index < -0.39 is 0 Å². The maximum atomic E-state index is 12.2. The van der Waals surface area contributed by atoms with Crippen molar-refractivity contribution in [3.8, 4) is 6.07 Å². The van der Waals surface area contributed by atoms with Crippen molar-refractivity contribution in [3.63, 3.8) is 0 Å². The molecule has 22 heavy (non-hydrogen) atoms. The second kappa shape index (κ2) is 6.88. The maximum Gasteiger partial charge on any atom is 0.257 e. The van der Waals surface area contributed by atoms with Crippen molar-refractivity contribution in [1.29, 1.82) is 5.26 Å². The molecule has 0 aliphatic carbocycles. The SMILES string of the molecule is CN1CCc2nc(NC(=O)c3ccc(C#N)cc3)sc2C1.Cl. The van der Waals surface area contributed by atoms with E-state index >= 15 is 0 Å². The second-order valence-electron chi connectivity index (χ2n) is 5.02. The number of hydrogen-bond acceptors (Lipinski definition) is 5. The molecule has 0 spiro atoms. The number of hydrogen-bond donors (Lipinski definition) is 1. The molecule has 5 nitrogen and oxygen atoms in total. The van der Waals surface area contributed by atoms with Crippen molar-refractivity contribution < 1.29 is 4.79 Å². The summed E-state index contributed by atoms with van der Waals surface area (Å²) in [7, 11) is 2.08. The van der Waals surface area contributed by atoms with Gasteiger partial charge in [-0.1, -0.05) is 0 Å². The number of fused-ring (bicyclic) bond motifs is 1. The van der Waals surface area contributed by atoms with Gasteiger partial charge >= 0.3 is 0 Å². The van der Waals surface area contributed by atoms with Crippen LogP contribution < -0.4 is 5.32 Å². The molecular weight excluding hydrogens is 320 g/mol. The zero-order valence-electron chi connectivity index (χ0n) is 12.0. The van der Waals surface area contributed by atoms with E-state index in [4.69, 9.17) is 5.26 Å². The van der Waals surface area contributed by atoms with Gasteiger partial charge in [0, 0.05) is 30.0 Å². The summed E-state index contributed by atoms with van der Waals surface area (Å²) in [4.78, 5) is 20.1. The Hall–Kier alpha value is -1.94. The van der Waals surface area contributed by atoms with Crippen LogP contribution in [0, 0.1) is 11.3 Å². The fraction of sp³-hybridized carbons (Fsp3) is 0.267. The van der Waals surface area contributed by atoms with E-state index in [-0.39, 0.29) is 18.3 Å². The van der Waals surface area contributed by atoms with Gasteiger partial charge in [-0.05, 0) is 31.3 Å². The Morgan fingerprint density at radius 1 is 1.41 bits per heavy atom. The summed E-state index contributed by atoms with van der Waals surface area (Å²) in [6.45, 7) is 1.89. The summed E-state index contributed by atoms with van der Waals surface area (Å²) in [5.74, 6) is -0.195. The molecule has 7 heteroatoms. The van der Waals surface area contributed by atoms with Crippen LogP contribution >= 0.6 is 23.7 Å². The van der Waals surface area contributed by atoms with Crippen LogP contribution in [-0.2, 0) is 13.0 Å². The first-order chi connectivity index (χ1) is 10.2. The lowest BCUT2D eigenvalue weighted by atomic mass is 10.1. The van der Waals surface area contributed by atoms with E-state index in [9.17, 15) is 4.79 Å². The Kier molecular flexibility index (Phi) is 5.14. The molecule has 114 valence electrons. The van der Waals surface area contributed by atoms with Crippen molar-refractivity contribution >= 4 is 34.8 Å². The monoisotopic (exact) mass is 334 g/mol. The molecule has 0 atom stereocenters. The highest BCUT2D eigenvalue weighted by atomic mass is 35.5. The molecule has 0 saturated carbocycles. The first-order valence-corrected chi connectivity index (χ1v) is 7.46. The summed E-state index contributed by atoms with van der Waals surface area (Å²) >= 11 is 1.53. The minimum atomic E-state index is -0.195. The summed E-state index contributed by atoms with van der Waals surface area (Å²) < 4.78 is 0. The van der Waals surface area contributed by atoms with Crippen molar-refractivity contribution in [1.82, 2.24) is 9.88 Å². The van der Waals surface area contributed by atoms with E-state index in [0.29, 0.717) is 16.3 Å². The average Bonchev–Trinajstić information content (AvgIpc) is 2.88. The standard InChI is InChI=1S/C15H14N4OS.ClH/c1-19-7-6-12-13(9-19)21-15(17-12)18-14(20)11-4-2-10(8-16)3-5-11;/h2-5H,6-7,9H2,1H3,(H,17,18,20);1H. The van der Waals surface area contributed by atoms with E-state index in [1.807, 2.05) is 6.07 Å². The van der Waals surface area contributed by atoms with Gasteiger partial charge < -0.3 is 4.90 Å². The predicted molar refractivity (Wildman–Crippen MR) is 88.5 cm³/mol. The van der Waals surface area contributed by atoms with Gasteiger partial charge in [0.2, 0.25) is 0 Å². The third-order valence-corrected chi connectivity index (χ3v) is 4.42. The topological polar surface area (TPSA) is 69.0 Å². The summed E-state index contributed by atoms with van der Waals surface area (Å²) in [6, 6.07) is 8.60. The fourth-order valence-corrected chi connectivity index (χ4v) is 3.33. The van der Waals surface area contributed by atoms with Crippen LogP contribution in [0.4, 0.5) is 5.13 Å². The molecule has 2 aromatic rings. The highest BCUT2D eigenvalue weighted by Crippen LogP contribution is 2.27. The molecule has 1 aromatic carbocycles. The molecular formula is C15H15ClN4OS. The van der Waals surface area contributed by atoms with Crippen molar-refractivity contribution in [2.75, 3.05) is 18.9 Å². The van der Waals surface area contributed by atoms with Gasteiger partial charge in [-0.25, -0.2) is 4.98 Å². The molecule has 1 aliphatic rings. The van der Waals surface area contributed by atoms with E-state index in [0.717, 1.165) is 25.2 Å². The molecule has 0 fully saturated rings. The molecule has 1 aliphatic heterocycles. The highest BCUT2D eigenvalue weighted by molar-refractivity contribution is 7.15. The van der Waals surface area contributed by atoms with Crippen LogP contribution in [0.25, 0.3) is 0 Å². The van der Waals surface area contributed by atoms with Crippen LogP contribution in [0.5, 0.6) is 0 Å². The maximum absolute atomic E-state index is 12.2. The van der Waals surface area contributed by atoms with Gasteiger partial charge in [-0.3, -0.25) is 10.1 Å². The van der Waals surface area contributed by atoms with Crippen molar-refractivity contribution in [2.45, 2.75) is 13.0 Å². The van der Waals surface area contributed by atoms with Crippen LogP contribution in [0.1, 0.15) is 26.5 Å². The van der Waals surface area contributed by atoms with Gasteiger partial charge in [0.15, 0.2) is 5.13 Å². The number of likely N-dealkylation sites (N-methyl/N-ethyl adjacent to an activating group) is 1. The Morgan fingerprint density at radius 2 is 2.14 bits per heavy atom. The third kappa shape index (κ3) is 3.45. The Balaban J connectivity index is 0.00000176. The molecule has 1 aromatic heterocycles. The Morgan fingerprint density at radius 3 is 2.82 bits per heavy atom. The van der Waals surface area contributed by atoms with Crippen LogP contribution in [0.15, 0.2) is 24.3 Å². The highest BCUT2D eigenvalue weighted by Gasteiger charge is 2.19. The molecule has 2 heterocycles. The largest absolute Gasteiger partial charge is 0.301 e. The van der Waals surface area contributed by atoms with Gasteiger partial charge in [-0.2, -0.15) is 5.26 Å². The number of carbonyl (C=O) groups excluding carboxylic acids is 1. The van der Waals surface area contributed by atoms with Crippen molar-refractivity contribution in [2.24, 2.45) is 0 Å². The zero-order valence-corrected chi connectivity index (χ0v) is 13.6. The summed E-state index contributed by atoms with van der Waals surface area (Å²) in [6.07, 6.45) is 0.926. The lowest BCUT2D eigenvalue weighted by Crippen LogP contribution is -2.25. The normalized spacial score (nSPS) is 13.6. The van der Waals surface area contributed by atoms with Crippen LogP contribution in [0.3, 0.4) is 0 Å². The number of carbonyl (C=O) groups is 1. The summed E-state index contributed by atoms with van der Waals surface area (Å²) in [5, 5.41) is 12.2. The third-order valence-electron chi connectivity index (χ3n) is 3.42. The van der Waals surface area contributed by atoms with Crippen LogP contribution in [0.2, 0.25) is 0 Å². The number of nitrogens with zero attached hydrogens (tertiary/aromatic N) is 3. The molecule has 0 bridgehead atoms. The molecule has 3 rings (SSSR count). The number of benzene rings is 1. The zero-order chi connectivity index (χ0) is 14.8. The first kappa shape index (κ1) is 16.4. The smallest absolute Gasteiger partial charge is 0.257 e. The van der Waals surface area contributed by atoms with E-state index in [2.05, 4.69) is 22.2 Å². The lowest BCUT2D eigenvalue weighted by molar-refractivity contribution is 0.102. The second-order valence-corrected chi connectivity index (χ2v) is 6.10. The van der Waals surface area contributed by atoms with Gasteiger partial charge in [0.1, 0.15) is 0 Å². The average molecular weight is 335 g/mol. The minimum Gasteiger partial charge on any atom is -0.301 e. The number of nitriles is 1.